The normalized spacial score (nSPS) is 22.1. The summed E-state index contributed by atoms with van der Waals surface area (Å²) in [6.45, 7) is 6.48. The number of amides is 1. The number of carbonyl (C=O) groups excluding carboxylic acids is 1. The molecule has 0 radical (unpaired) electrons. The van der Waals surface area contributed by atoms with Gasteiger partial charge in [0.25, 0.3) is 0 Å². The van der Waals surface area contributed by atoms with Crippen molar-refractivity contribution in [2.75, 3.05) is 40.4 Å². The smallest absolute Gasteiger partial charge is 0.236 e. The number of hydrogen-bond acceptors (Lipinski definition) is 4. The fraction of sp³-hybridized carbons (Fsp3) is 0.650. The monoisotopic (exact) mass is 344 g/mol. The number of hydrogen-bond donors (Lipinski definition) is 0. The number of likely N-dealkylation sites (tertiary alicyclic amines) is 1. The van der Waals surface area contributed by atoms with Crippen LogP contribution in [0.4, 0.5) is 0 Å². The van der Waals surface area contributed by atoms with Gasteiger partial charge >= 0.3 is 0 Å². The molecule has 2 fully saturated rings. The molecule has 5 heteroatoms. The van der Waals surface area contributed by atoms with Crippen molar-refractivity contribution >= 4 is 5.91 Å². The zero-order chi connectivity index (χ0) is 17.6. The molecule has 25 heavy (non-hydrogen) atoms. The van der Waals surface area contributed by atoms with Crippen LogP contribution in [0.15, 0.2) is 12.1 Å². The van der Waals surface area contributed by atoms with E-state index < -0.39 is 0 Å². The van der Waals surface area contributed by atoms with E-state index in [0.29, 0.717) is 12.0 Å². The average molecular weight is 344 g/mol. The molecule has 2 aliphatic heterocycles. The number of ether oxygens (including phenoxy) is 2. The maximum absolute atomic E-state index is 12.6. The van der Waals surface area contributed by atoms with E-state index in [0.717, 1.165) is 50.0 Å². The molecule has 0 spiro atoms. The van der Waals surface area contributed by atoms with Gasteiger partial charge in [-0.3, -0.25) is 9.69 Å². The number of rotatable bonds is 5. The third kappa shape index (κ3) is 3.10. The molecular formula is C20H28N2O3. The van der Waals surface area contributed by atoms with E-state index in [9.17, 15) is 4.79 Å². The second-order valence-corrected chi connectivity index (χ2v) is 8.11. The lowest BCUT2D eigenvalue weighted by Crippen LogP contribution is -2.59. The molecule has 1 amide bonds. The third-order valence-electron chi connectivity index (χ3n) is 6.18. The molecule has 4 rings (SSSR count). The summed E-state index contributed by atoms with van der Waals surface area (Å²) < 4.78 is 10.8. The number of methoxy groups -OCH3 is 2. The van der Waals surface area contributed by atoms with E-state index in [2.05, 4.69) is 24.0 Å². The Morgan fingerprint density at radius 1 is 1.16 bits per heavy atom. The van der Waals surface area contributed by atoms with Crippen molar-refractivity contribution in [3.8, 4) is 11.5 Å². The first kappa shape index (κ1) is 16.7. The van der Waals surface area contributed by atoms with Gasteiger partial charge in [0.1, 0.15) is 0 Å². The zero-order valence-corrected chi connectivity index (χ0v) is 15.5. The standard InChI is InChI=1S/C20H28N2O3/c1-20(16-4-5-16)12-22(13-20)19(23)11-21-7-6-14-8-17(24-2)18(25-3)9-15(14)10-21/h8-9,16H,4-7,10-13H2,1-3H3. The SMILES string of the molecule is COc1cc2c(cc1OC)CN(CC(=O)N1CC(C)(C3CC3)C1)CC2. The first-order valence-corrected chi connectivity index (χ1v) is 9.26. The maximum atomic E-state index is 12.6. The Balaban J connectivity index is 1.37. The Hall–Kier alpha value is -1.75. The molecule has 0 unspecified atom stereocenters. The van der Waals surface area contributed by atoms with E-state index >= 15 is 0 Å². The fourth-order valence-corrected chi connectivity index (χ4v) is 4.41. The van der Waals surface area contributed by atoms with Crippen LogP contribution >= 0.6 is 0 Å². The van der Waals surface area contributed by atoms with Crippen LogP contribution < -0.4 is 9.47 Å². The Morgan fingerprint density at radius 3 is 2.40 bits per heavy atom. The van der Waals surface area contributed by atoms with Crippen LogP contribution in [0.3, 0.4) is 0 Å². The molecule has 1 saturated carbocycles. The van der Waals surface area contributed by atoms with Crippen molar-refractivity contribution in [2.45, 2.75) is 32.7 Å². The Bertz CT molecular complexity index is 678. The molecule has 1 saturated heterocycles. The van der Waals surface area contributed by atoms with Crippen molar-refractivity contribution in [3.63, 3.8) is 0 Å². The summed E-state index contributed by atoms with van der Waals surface area (Å²) in [4.78, 5) is 16.9. The van der Waals surface area contributed by atoms with E-state index in [-0.39, 0.29) is 5.91 Å². The summed E-state index contributed by atoms with van der Waals surface area (Å²) in [6.07, 6.45) is 3.65. The Kier molecular flexibility index (Phi) is 4.14. The molecular weight excluding hydrogens is 316 g/mol. The quantitative estimate of drug-likeness (QED) is 0.822. The van der Waals surface area contributed by atoms with Gasteiger partial charge in [-0.05, 0) is 48.4 Å². The Labute approximate surface area is 149 Å². The van der Waals surface area contributed by atoms with Crippen LogP contribution in [-0.2, 0) is 17.8 Å². The maximum Gasteiger partial charge on any atom is 0.236 e. The highest BCUT2D eigenvalue weighted by Crippen LogP contribution is 2.50. The number of nitrogens with zero attached hydrogens (tertiary/aromatic N) is 2. The second-order valence-electron chi connectivity index (χ2n) is 8.11. The minimum Gasteiger partial charge on any atom is -0.493 e. The minimum atomic E-state index is 0.280. The van der Waals surface area contributed by atoms with Crippen LogP contribution in [0.1, 0.15) is 30.9 Å². The van der Waals surface area contributed by atoms with Gasteiger partial charge in [0.15, 0.2) is 11.5 Å². The molecule has 1 aromatic carbocycles. The molecule has 3 aliphatic rings. The molecule has 0 aromatic heterocycles. The summed E-state index contributed by atoms with van der Waals surface area (Å²) in [6, 6.07) is 4.13. The summed E-state index contributed by atoms with van der Waals surface area (Å²) in [5.74, 6) is 2.69. The third-order valence-corrected chi connectivity index (χ3v) is 6.18. The van der Waals surface area contributed by atoms with Gasteiger partial charge in [0.2, 0.25) is 5.91 Å². The van der Waals surface area contributed by atoms with Gasteiger partial charge in [-0.1, -0.05) is 6.92 Å². The lowest BCUT2D eigenvalue weighted by atomic mass is 9.77. The predicted molar refractivity (Wildman–Crippen MR) is 95.9 cm³/mol. The van der Waals surface area contributed by atoms with E-state index in [1.54, 1.807) is 14.2 Å². The molecule has 136 valence electrons. The Morgan fingerprint density at radius 2 is 1.80 bits per heavy atom. The molecule has 0 N–H and O–H groups in total. The lowest BCUT2D eigenvalue weighted by Gasteiger charge is -2.49. The van der Waals surface area contributed by atoms with E-state index in [1.165, 1.54) is 24.0 Å². The van der Waals surface area contributed by atoms with Crippen molar-refractivity contribution in [2.24, 2.45) is 11.3 Å². The molecule has 1 aliphatic carbocycles. The highest BCUT2D eigenvalue weighted by Gasteiger charge is 2.50. The largest absolute Gasteiger partial charge is 0.493 e. The topological polar surface area (TPSA) is 42.0 Å². The summed E-state index contributed by atoms with van der Waals surface area (Å²) in [5, 5.41) is 0. The van der Waals surface area contributed by atoms with Crippen LogP contribution in [0.2, 0.25) is 0 Å². The molecule has 0 atom stereocenters. The van der Waals surface area contributed by atoms with Gasteiger partial charge in [-0.2, -0.15) is 0 Å². The summed E-state index contributed by atoms with van der Waals surface area (Å²) in [5.41, 5.74) is 2.93. The van der Waals surface area contributed by atoms with Crippen LogP contribution in [0, 0.1) is 11.3 Å². The van der Waals surface area contributed by atoms with Crippen molar-refractivity contribution in [3.05, 3.63) is 23.3 Å². The van der Waals surface area contributed by atoms with Crippen molar-refractivity contribution in [1.82, 2.24) is 9.80 Å². The van der Waals surface area contributed by atoms with E-state index in [4.69, 9.17) is 9.47 Å². The van der Waals surface area contributed by atoms with Gasteiger partial charge in [0.05, 0.1) is 20.8 Å². The summed E-state index contributed by atoms with van der Waals surface area (Å²) in [7, 11) is 3.33. The minimum absolute atomic E-state index is 0.280. The average Bonchev–Trinajstić information content (AvgIpc) is 3.42. The molecule has 2 heterocycles. The van der Waals surface area contributed by atoms with E-state index in [1.807, 2.05) is 4.90 Å². The summed E-state index contributed by atoms with van der Waals surface area (Å²) >= 11 is 0. The molecule has 1 aromatic rings. The highest BCUT2D eigenvalue weighted by atomic mass is 16.5. The number of carbonyl (C=O) groups is 1. The highest BCUT2D eigenvalue weighted by molar-refractivity contribution is 5.79. The van der Waals surface area contributed by atoms with Gasteiger partial charge < -0.3 is 14.4 Å². The van der Waals surface area contributed by atoms with Crippen LogP contribution in [-0.4, -0.2) is 56.1 Å². The van der Waals surface area contributed by atoms with Gasteiger partial charge in [-0.25, -0.2) is 0 Å². The fourth-order valence-electron chi connectivity index (χ4n) is 4.41. The second kappa shape index (κ2) is 6.20. The predicted octanol–water partition coefficient (Wildman–Crippen LogP) is 2.32. The molecule has 0 bridgehead atoms. The van der Waals surface area contributed by atoms with Gasteiger partial charge in [-0.15, -0.1) is 0 Å². The number of benzene rings is 1. The van der Waals surface area contributed by atoms with Crippen LogP contribution in [0.5, 0.6) is 11.5 Å². The number of fused-ring (bicyclic) bond motifs is 1. The van der Waals surface area contributed by atoms with Crippen molar-refractivity contribution in [1.29, 1.82) is 0 Å². The zero-order valence-electron chi connectivity index (χ0n) is 15.5. The molecule has 5 nitrogen and oxygen atoms in total. The van der Waals surface area contributed by atoms with Crippen LogP contribution in [0.25, 0.3) is 0 Å². The van der Waals surface area contributed by atoms with Gasteiger partial charge in [0, 0.05) is 31.6 Å². The van der Waals surface area contributed by atoms with Crippen molar-refractivity contribution < 1.29 is 14.3 Å². The first-order valence-electron chi connectivity index (χ1n) is 9.26. The lowest BCUT2D eigenvalue weighted by molar-refractivity contribution is -0.145. The first-order chi connectivity index (χ1) is 12.0.